The number of piperidine rings is 1. The molecule has 2 N–H and O–H groups in total. The number of methoxy groups -OCH3 is 1. The number of benzene rings is 1. The van der Waals surface area contributed by atoms with Crippen LogP contribution in [0.15, 0.2) is 43.0 Å². The van der Waals surface area contributed by atoms with Crippen LogP contribution in [0.4, 0.5) is 5.82 Å². The quantitative estimate of drug-likeness (QED) is 0.433. The van der Waals surface area contributed by atoms with E-state index in [1.807, 2.05) is 48.4 Å². The normalized spacial score (nSPS) is 30.4. The Morgan fingerprint density at radius 1 is 1.18 bits per heavy atom. The van der Waals surface area contributed by atoms with Gasteiger partial charge >= 0.3 is 5.97 Å². The van der Waals surface area contributed by atoms with Crippen LogP contribution in [0, 0.1) is 0 Å². The molecule has 0 saturated carbocycles. The molecule has 39 heavy (non-hydrogen) atoms. The second kappa shape index (κ2) is 10.7. The first-order valence-corrected chi connectivity index (χ1v) is 14.3. The van der Waals surface area contributed by atoms with Gasteiger partial charge in [-0.25, -0.2) is 15.0 Å². The molecule has 11 nitrogen and oxygen atoms in total. The average molecular weight is 555 g/mol. The molecule has 208 valence electrons. The van der Waals surface area contributed by atoms with Crippen LogP contribution in [0.1, 0.15) is 38.5 Å². The molecule has 1 aromatic carbocycles. The van der Waals surface area contributed by atoms with Gasteiger partial charge in [-0.15, -0.1) is 0 Å². The molecule has 3 aliphatic rings. The smallest absolute Gasteiger partial charge is 0.323 e. The van der Waals surface area contributed by atoms with E-state index in [1.54, 1.807) is 6.33 Å². The number of likely N-dealkylation sites (tertiary alicyclic amines) is 1. The highest BCUT2D eigenvalue weighted by Gasteiger charge is 2.56. The molecule has 0 bridgehead atoms. The Morgan fingerprint density at radius 2 is 1.97 bits per heavy atom. The summed E-state index contributed by atoms with van der Waals surface area (Å²) in [6, 6.07) is 9.96. The van der Waals surface area contributed by atoms with Crippen LogP contribution in [-0.4, -0.2) is 85.2 Å². The molecular formula is C27H34N6O5S. The summed E-state index contributed by atoms with van der Waals surface area (Å²) in [5, 5.41) is 0.291. The minimum Gasteiger partial charge on any atom is -0.468 e. The van der Waals surface area contributed by atoms with E-state index < -0.39 is 12.0 Å². The number of hydrogen-bond donors (Lipinski definition) is 1. The lowest BCUT2D eigenvalue weighted by molar-refractivity contribution is -0.193. The van der Waals surface area contributed by atoms with Crippen molar-refractivity contribution in [3.8, 4) is 0 Å². The van der Waals surface area contributed by atoms with Gasteiger partial charge in [0.1, 0.15) is 30.1 Å². The lowest BCUT2D eigenvalue weighted by Crippen LogP contribution is -2.48. The van der Waals surface area contributed by atoms with Gasteiger partial charge in [0.15, 0.2) is 23.5 Å². The molecule has 6 atom stereocenters. The Bertz CT molecular complexity index is 1320. The number of carbonyl (C=O) groups excluding carboxylic acids is 1. The first-order chi connectivity index (χ1) is 18.8. The molecule has 0 amide bonds. The van der Waals surface area contributed by atoms with Crippen molar-refractivity contribution in [2.45, 2.75) is 74.9 Å². The SMILES string of the molecule is COC(=O)C1CC(SC[C@H]2O[C@@H](n3cnc4c(N)ncnc43)C3OC(C)(C)OC32)CCN1Cc1ccccc1. The maximum absolute atomic E-state index is 12.7. The summed E-state index contributed by atoms with van der Waals surface area (Å²) in [7, 11) is 1.46. The van der Waals surface area contributed by atoms with Gasteiger partial charge in [0.05, 0.1) is 19.5 Å². The van der Waals surface area contributed by atoms with Crippen LogP contribution in [0.25, 0.3) is 11.2 Å². The van der Waals surface area contributed by atoms with E-state index in [0.29, 0.717) is 28.0 Å². The van der Waals surface area contributed by atoms with Crippen molar-refractivity contribution < 1.29 is 23.7 Å². The fraction of sp³-hybridized carbons (Fsp3) is 0.556. The Kier molecular flexibility index (Phi) is 7.23. The number of fused-ring (bicyclic) bond motifs is 2. The molecule has 6 rings (SSSR count). The van der Waals surface area contributed by atoms with Gasteiger partial charge in [0.25, 0.3) is 0 Å². The van der Waals surface area contributed by atoms with Crippen LogP contribution in [0.3, 0.4) is 0 Å². The average Bonchev–Trinajstić information content (AvgIpc) is 3.59. The van der Waals surface area contributed by atoms with Crippen molar-refractivity contribution in [1.29, 1.82) is 0 Å². The number of carbonyl (C=O) groups is 1. The van der Waals surface area contributed by atoms with E-state index in [9.17, 15) is 4.79 Å². The maximum atomic E-state index is 12.7. The molecule has 0 spiro atoms. The van der Waals surface area contributed by atoms with Crippen LogP contribution in [-0.2, 0) is 30.3 Å². The summed E-state index contributed by atoms with van der Waals surface area (Å²) >= 11 is 1.82. The predicted octanol–water partition coefficient (Wildman–Crippen LogP) is 2.77. The van der Waals surface area contributed by atoms with Gasteiger partial charge in [0.2, 0.25) is 0 Å². The zero-order valence-electron chi connectivity index (χ0n) is 22.3. The van der Waals surface area contributed by atoms with E-state index in [-0.39, 0.29) is 30.3 Å². The number of aromatic nitrogens is 4. The monoisotopic (exact) mass is 554 g/mol. The third-order valence-electron chi connectivity index (χ3n) is 7.65. The van der Waals surface area contributed by atoms with Crippen molar-refractivity contribution in [2.24, 2.45) is 0 Å². The highest BCUT2D eigenvalue weighted by atomic mass is 32.2. The highest BCUT2D eigenvalue weighted by Crippen LogP contribution is 2.45. The van der Waals surface area contributed by atoms with E-state index in [0.717, 1.165) is 25.9 Å². The Balaban J connectivity index is 1.15. The number of imidazole rings is 1. The number of rotatable bonds is 7. The van der Waals surface area contributed by atoms with E-state index in [4.69, 9.17) is 24.7 Å². The van der Waals surface area contributed by atoms with Crippen molar-refractivity contribution in [3.63, 3.8) is 0 Å². The molecule has 3 aliphatic heterocycles. The van der Waals surface area contributed by atoms with E-state index in [1.165, 1.54) is 19.0 Å². The van der Waals surface area contributed by atoms with Crippen molar-refractivity contribution in [1.82, 2.24) is 24.4 Å². The number of nitrogens with two attached hydrogens (primary N) is 1. The van der Waals surface area contributed by atoms with Gasteiger partial charge in [-0.3, -0.25) is 14.3 Å². The molecule has 12 heteroatoms. The van der Waals surface area contributed by atoms with Crippen molar-refractivity contribution >= 4 is 34.7 Å². The minimum absolute atomic E-state index is 0.184. The summed E-state index contributed by atoms with van der Waals surface area (Å²) in [6.45, 7) is 5.38. The topological polar surface area (TPSA) is 127 Å². The van der Waals surface area contributed by atoms with Gasteiger partial charge < -0.3 is 24.7 Å². The van der Waals surface area contributed by atoms with Gasteiger partial charge in [-0.2, -0.15) is 11.8 Å². The third kappa shape index (κ3) is 5.23. The molecule has 3 fully saturated rings. The zero-order chi connectivity index (χ0) is 27.1. The number of esters is 1. The van der Waals surface area contributed by atoms with Crippen LogP contribution < -0.4 is 5.73 Å². The molecule has 4 unspecified atom stereocenters. The molecule has 5 heterocycles. The number of thioether (sulfide) groups is 1. The van der Waals surface area contributed by atoms with Crippen LogP contribution in [0.2, 0.25) is 0 Å². The summed E-state index contributed by atoms with van der Waals surface area (Å²) in [4.78, 5) is 27.8. The lowest BCUT2D eigenvalue weighted by Gasteiger charge is -2.38. The molecule has 3 aromatic rings. The predicted molar refractivity (Wildman–Crippen MR) is 146 cm³/mol. The summed E-state index contributed by atoms with van der Waals surface area (Å²) in [6.07, 6.45) is 3.55. The van der Waals surface area contributed by atoms with Gasteiger partial charge in [-0.05, 0) is 32.3 Å². The standard InChI is InChI=1S/C27H34N6O5S/c1-27(2)37-21-19(36-25(22(21)38-27)33-15-31-20-23(28)29-14-30-24(20)33)13-39-17-9-10-32(18(11-17)26(34)35-3)12-16-7-5-4-6-8-16/h4-8,14-15,17-19,21-22,25H,9-13H2,1-3H3,(H2,28,29,30)/t17?,18?,19-,21?,22?,25-/m1/s1. The van der Waals surface area contributed by atoms with E-state index >= 15 is 0 Å². The number of hydrogen-bond acceptors (Lipinski definition) is 11. The first-order valence-electron chi connectivity index (χ1n) is 13.2. The molecule has 3 saturated heterocycles. The van der Waals surface area contributed by atoms with Crippen molar-refractivity contribution in [3.05, 3.63) is 48.5 Å². The number of ether oxygens (including phenoxy) is 4. The van der Waals surface area contributed by atoms with E-state index in [2.05, 4.69) is 32.0 Å². The second-order valence-electron chi connectivity index (χ2n) is 10.7. The van der Waals surface area contributed by atoms with Crippen molar-refractivity contribution in [2.75, 3.05) is 25.1 Å². The Labute approximate surface area is 231 Å². The fourth-order valence-electron chi connectivity index (χ4n) is 5.83. The summed E-state index contributed by atoms with van der Waals surface area (Å²) in [5.41, 5.74) is 8.33. The molecule has 0 radical (unpaired) electrons. The van der Waals surface area contributed by atoms with Gasteiger partial charge in [0, 0.05) is 24.1 Å². The highest BCUT2D eigenvalue weighted by molar-refractivity contribution is 7.99. The molecular weight excluding hydrogens is 520 g/mol. The number of nitrogen functional groups attached to an aromatic ring is 1. The Hall–Kier alpha value is -2.77. The second-order valence-corrected chi connectivity index (χ2v) is 12.0. The number of nitrogens with zero attached hydrogens (tertiary/aromatic N) is 5. The third-order valence-corrected chi connectivity index (χ3v) is 9.07. The minimum atomic E-state index is -0.733. The molecule has 2 aromatic heterocycles. The number of anilines is 1. The van der Waals surface area contributed by atoms with Gasteiger partial charge in [-0.1, -0.05) is 30.3 Å². The largest absolute Gasteiger partial charge is 0.468 e. The summed E-state index contributed by atoms with van der Waals surface area (Å²) < 4.78 is 26.2. The molecule has 0 aliphatic carbocycles. The van der Waals surface area contributed by atoms with Crippen LogP contribution >= 0.6 is 11.8 Å². The summed E-state index contributed by atoms with van der Waals surface area (Å²) in [5.74, 6) is 0.112. The lowest BCUT2D eigenvalue weighted by atomic mass is 10.0. The maximum Gasteiger partial charge on any atom is 0.323 e. The first kappa shape index (κ1) is 26.5. The Morgan fingerprint density at radius 3 is 2.77 bits per heavy atom. The van der Waals surface area contributed by atoms with Crippen LogP contribution in [0.5, 0.6) is 0 Å². The fourth-order valence-corrected chi connectivity index (χ4v) is 7.15. The zero-order valence-corrected chi connectivity index (χ0v) is 23.1.